The van der Waals surface area contributed by atoms with Crippen molar-refractivity contribution in [3.05, 3.63) is 41.7 Å². The Labute approximate surface area is 140 Å². The second kappa shape index (κ2) is 6.84. The van der Waals surface area contributed by atoms with Crippen molar-refractivity contribution in [1.82, 2.24) is 24.9 Å². The number of aromatic amines is 1. The summed E-state index contributed by atoms with van der Waals surface area (Å²) in [5, 5.41) is 15.3. The molecule has 2 heterocycles. The molecule has 24 heavy (non-hydrogen) atoms. The third kappa shape index (κ3) is 3.80. The number of anilines is 1. The number of aromatic nitrogens is 4. The SMILES string of the molecule is Cc1ccc2cnn(CCC(=O)Nc3cc(CN(C)C)[nH]n3)c2c1. The number of aryl methyl sites for hydroxylation is 2. The number of amides is 1. The Morgan fingerprint density at radius 2 is 2.17 bits per heavy atom. The van der Waals surface area contributed by atoms with E-state index in [1.165, 1.54) is 5.56 Å². The molecule has 0 fully saturated rings. The predicted octanol–water partition coefficient (Wildman–Crippen LogP) is 2.16. The fourth-order valence-corrected chi connectivity index (χ4v) is 2.62. The summed E-state index contributed by atoms with van der Waals surface area (Å²) >= 11 is 0. The summed E-state index contributed by atoms with van der Waals surface area (Å²) in [4.78, 5) is 14.2. The second-order valence-electron chi connectivity index (χ2n) is 6.24. The lowest BCUT2D eigenvalue weighted by Gasteiger charge is -2.06. The van der Waals surface area contributed by atoms with Crippen molar-refractivity contribution in [2.45, 2.75) is 26.4 Å². The van der Waals surface area contributed by atoms with Crippen LogP contribution >= 0.6 is 0 Å². The zero-order valence-corrected chi connectivity index (χ0v) is 14.2. The summed E-state index contributed by atoms with van der Waals surface area (Å²) in [6.07, 6.45) is 2.18. The topological polar surface area (TPSA) is 78.8 Å². The number of carbonyl (C=O) groups is 1. The Bertz CT molecular complexity index is 848. The Balaban J connectivity index is 1.59. The molecule has 126 valence electrons. The fraction of sp³-hybridized carbons (Fsp3) is 0.353. The third-order valence-electron chi connectivity index (χ3n) is 3.74. The lowest BCUT2D eigenvalue weighted by atomic mass is 10.2. The van der Waals surface area contributed by atoms with Crippen molar-refractivity contribution in [3.8, 4) is 0 Å². The van der Waals surface area contributed by atoms with E-state index in [-0.39, 0.29) is 5.91 Å². The fourth-order valence-electron chi connectivity index (χ4n) is 2.62. The molecule has 0 saturated heterocycles. The molecule has 3 aromatic rings. The summed E-state index contributed by atoms with van der Waals surface area (Å²) < 4.78 is 1.87. The van der Waals surface area contributed by atoms with Gasteiger partial charge in [0.15, 0.2) is 5.82 Å². The number of hydrogen-bond donors (Lipinski definition) is 2. The van der Waals surface area contributed by atoms with Crippen LogP contribution in [0.15, 0.2) is 30.5 Å². The molecule has 3 rings (SSSR count). The number of benzene rings is 1. The van der Waals surface area contributed by atoms with Crippen LogP contribution in [0.5, 0.6) is 0 Å². The van der Waals surface area contributed by atoms with Crippen molar-refractivity contribution in [2.75, 3.05) is 19.4 Å². The van der Waals surface area contributed by atoms with Crippen molar-refractivity contribution < 1.29 is 4.79 Å². The summed E-state index contributed by atoms with van der Waals surface area (Å²) in [5.41, 5.74) is 3.19. The van der Waals surface area contributed by atoms with E-state index in [4.69, 9.17) is 0 Å². The monoisotopic (exact) mass is 326 g/mol. The highest BCUT2D eigenvalue weighted by Crippen LogP contribution is 2.16. The molecule has 0 bridgehead atoms. The van der Waals surface area contributed by atoms with Gasteiger partial charge in [0.2, 0.25) is 5.91 Å². The summed E-state index contributed by atoms with van der Waals surface area (Å²) in [7, 11) is 3.96. The van der Waals surface area contributed by atoms with Gasteiger partial charge in [-0.05, 0) is 32.6 Å². The Morgan fingerprint density at radius 3 is 2.96 bits per heavy atom. The van der Waals surface area contributed by atoms with Crippen LogP contribution in [0.3, 0.4) is 0 Å². The van der Waals surface area contributed by atoms with Crippen LogP contribution in [0.2, 0.25) is 0 Å². The van der Waals surface area contributed by atoms with E-state index >= 15 is 0 Å². The number of carbonyl (C=O) groups excluding carboxylic acids is 1. The molecular weight excluding hydrogens is 304 g/mol. The van der Waals surface area contributed by atoms with Gasteiger partial charge in [0.1, 0.15) is 0 Å². The highest BCUT2D eigenvalue weighted by Gasteiger charge is 2.09. The first-order valence-corrected chi connectivity index (χ1v) is 7.92. The van der Waals surface area contributed by atoms with Gasteiger partial charge in [0.05, 0.1) is 24.0 Å². The lowest BCUT2D eigenvalue weighted by molar-refractivity contribution is -0.116. The van der Waals surface area contributed by atoms with E-state index in [1.54, 1.807) is 0 Å². The Kier molecular flexibility index (Phi) is 4.61. The van der Waals surface area contributed by atoms with Crippen molar-refractivity contribution in [1.29, 1.82) is 0 Å². The highest BCUT2D eigenvalue weighted by atomic mass is 16.1. The maximum absolute atomic E-state index is 12.1. The first-order valence-electron chi connectivity index (χ1n) is 7.92. The third-order valence-corrected chi connectivity index (χ3v) is 3.74. The van der Waals surface area contributed by atoms with Gasteiger partial charge in [0, 0.05) is 24.4 Å². The number of fused-ring (bicyclic) bond motifs is 1. The van der Waals surface area contributed by atoms with E-state index in [0.29, 0.717) is 18.8 Å². The van der Waals surface area contributed by atoms with Gasteiger partial charge >= 0.3 is 0 Å². The molecule has 0 aliphatic heterocycles. The van der Waals surface area contributed by atoms with E-state index in [1.807, 2.05) is 48.9 Å². The summed E-state index contributed by atoms with van der Waals surface area (Å²) in [6.45, 7) is 3.33. The number of nitrogens with one attached hydrogen (secondary N) is 2. The van der Waals surface area contributed by atoms with E-state index in [2.05, 4.69) is 32.7 Å². The van der Waals surface area contributed by atoms with Gasteiger partial charge in [-0.25, -0.2) is 0 Å². The minimum atomic E-state index is -0.0748. The zero-order valence-electron chi connectivity index (χ0n) is 14.2. The standard InChI is InChI=1S/C17H22N6O/c1-12-4-5-13-10-18-23(15(13)8-12)7-6-17(24)19-16-9-14(20-21-16)11-22(2)3/h4-5,8-10H,6-7,11H2,1-3H3,(H2,19,20,21,24). The van der Waals surface area contributed by atoms with Gasteiger partial charge < -0.3 is 10.2 Å². The Morgan fingerprint density at radius 1 is 1.33 bits per heavy atom. The number of hydrogen-bond acceptors (Lipinski definition) is 4. The van der Waals surface area contributed by atoms with Crippen LogP contribution in [-0.2, 0) is 17.9 Å². The lowest BCUT2D eigenvalue weighted by Crippen LogP contribution is -2.15. The van der Waals surface area contributed by atoms with E-state index in [9.17, 15) is 4.79 Å². The molecule has 0 unspecified atom stereocenters. The summed E-state index contributed by atoms with van der Waals surface area (Å²) in [6, 6.07) is 8.04. The highest BCUT2D eigenvalue weighted by molar-refractivity contribution is 5.89. The molecule has 0 aliphatic carbocycles. The average molecular weight is 326 g/mol. The van der Waals surface area contributed by atoms with Crippen molar-refractivity contribution >= 4 is 22.6 Å². The molecule has 0 spiro atoms. The minimum Gasteiger partial charge on any atom is -0.309 e. The number of rotatable bonds is 6. The van der Waals surface area contributed by atoms with Gasteiger partial charge in [0.25, 0.3) is 0 Å². The molecule has 1 amide bonds. The number of nitrogens with zero attached hydrogens (tertiary/aromatic N) is 4. The maximum Gasteiger partial charge on any atom is 0.227 e. The minimum absolute atomic E-state index is 0.0748. The Hall–Kier alpha value is -2.67. The van der Waals surface area contributed by atoms with Crippen LogP contribution in [0.25, 0.3) is 10.9 Å². The molecule has 2 N–H and O–H groups in total. The van der Waals surface area contributed by atoms with Gasteiger partial charge in [-0.1, -0.05) is 12.1 Å². The molecule has 1 aromatic carbocycles. The molecule has 0 atom stereocenters. The van der Waals surface area contributed by atoms with Crippen LogP contribution in [0.1, 0.15) is 17.7 Å². The van der Waals surface area contributed by atoms with E-state index < -0.39 is 0 Å². The van der Waals surface area contributed by atoms with Crippen LogP contribution in [0.4, 0.5) is 5.82 Å². The van der Waals surface area contributed by atoms with Gasteiger partial charge in [-0.3, -0.25) is 14.6 Å². The molecule has 0 radical (unpaired) electrons. The molecule has 7 nitrogen and oxygen atoms in total. The normalized spacial score (nSPS) is 11.3. The first-order chi connectivity index (χ1) is 11.5. The van der Waals surface area contributed by atoms with E-state index in [0.717, 1.165) is 23.1 Å². The zero-order chi connectivity index (χ0) is 17.1. The number of H-pyrrole nitrogens is 1. The van der Waals surface area contributed by atoms with Crippen LogP contribution in [0, 0.1) is 6.92 Å². The van der Waals surface area contributed by atoms with Gasteiger partial charge in [-0.15, -0.1) is 0 Å². The first kappa shape index (κ1) is 16.2. The largest absolute Gasteiger partial charge is 0.309 e. The average Bonchev–Trinajstić information content (AvgIpc) is 3.11. The molecule has 0 saturated carbocycles. The van der Waals surface area contributed by atoms with Crippen LogP contribution < -0.4 is 5.32 Å². The summed E-state index contributed by atoms with van der Waals surface area (Å²) in [5.74, 6) is 0.479. The van der Waals surface area contributed by atoms with Crippen molar-refractivity contribution in [2.24, 2.45) is 0 Å². The predicted molar refractivity (Wildman–Crippen MR) is 93.7 cm³/mol. The molecule has 7 heteroatoms. The smallest absolute Gasteiger partial charge is 0.227 e. The van der Waals surface area contributed by atoms with Crippen LogP contribution in [-0.4, -0.2) is 44.9 Å². The second-order valence-corrected chi connectivity index (χ2v) is 6.24. The van der Waals surface area contributed by atoms with Gasteiger partial charge in [-0.2, -0.15) is 10.2 Å². The molecule has 2 aromatic heterocycles. The molecular formula is C17H22N6O. The maximum atomic E-state index is 12.1. The van der Waals surface area contributed by atoms with Crippen molar-refractivity contribution in [3.63, 3.8) is 0 Å². The molecule has 0 aliphatic rings. The quantitative estimate of drug-likeness (QED) is 0.727.